The predicted octanol–water partition coefficient (Wildman–Crippen LogP) is 2.12. The number of nitrogens with zero attached hydrogens (tertiary/aromatic N) is 1. The van der Waals surface area contributed by atoms with Crippen LogP contribution in [0.4, 0.5) is 0 Å². The molecule has 100 valence electrons. The van der Waals surface area contributed by atoms with Gasteiger partial charge in [0.1, 0.15) is 5.75 Å². The van der Waals surface area contributed by atoms with Crippen LogP contribution in [-0.2, 0) is 6.54 Å². The number of methoxy groups -OCH3 is 1. The van der Waals surface area contributed by atoms with Crippen LogP contribution < -0.4 is 10.1 Å². The van der Waals surface area contributed by atoms with Gasteiger partial charge in [-0.1, -0.05) is 19.1 Å². The minimum Gasteiger partial charge on any atom is -0.497 e. The van der Waals surface area contributed by atoms with Crippen LogP contribution in [0.3, 0.4) is 0 Å². The van der Waals surface area contributed by atoms with Crippen molar-refractivity contribution in [3.05, 3.63) is 29.8 Å². The van der Waals surface area contributed by atoms with Crippen LogP contribution in [0.25, 0.3) is 0 Å². The van der Waals surface area contributed by atoms with E-state index in [0.29, 0.717) is 6.04 Å². The third-order valence-corrected chi connectivity index (χ3v) is 3.93. The maximum Gasteiger partial charge on any atom is 0.118 e. The Hall–Kier alpha value is -1.06. The number of benzene rings is 1. The number of hydrogen-bond donors (Lipinski definition) is 1. The lowest BCUT2D eigenvalue weighted by Gasteiger charge is -2.36. The Bertz CT molecular complexity index is 363. The molecule has 1 aliphatic heterocycles. The van der Waals surface area contributed by atoms with Gasteiger partial charge in [-0.2, -0.15) is 0 Å². The lowest BCUT2D eigenvalue weighted by molar-refractivity contribution is 0.145. The normalized spacial score (nSPS) is 25.1. The van der Waals surface area contributed by atoms with Gasteiger partial charge in [-0.25, -0.2) is 0 Å². The maximum absolute atomic E-state index is 5.18. The van der Waals surface area contributed by atoms with E-state index in [4.69, 9.17) is 4.74 Å². The van der Waals surface area contributed by atoms with Gasteiger partial charge in [0.15, 0.2) is 0 Å². The van der Waals surface area contributed by atoms with Gasteiger partial charge < -0.3 is 10.1 Å². The van der Waals surface area contributed by atoms with Crippen molar-refractivity contribution in [2.45, 2.75) is 25.9 Å². The number of nitrogens with one attached hydrogen (secondary N) is 1. The summed E-state index contributed by atoms with van der Waals surface area (Å²) >= 11 is 0. The summed E-state index contributed by atoms with van der Waals surface area (Å²) < 4.78 is 5.18. The van der Waals surface area contributed by atoms with Crippen molar-refractivity contribution >= 4 is 0 Å². The number of hydrogen-bond acceptors (Lipinski definition) is 3. The van der Waals surface area contributed by atoms with Crippen LogP contribution in [0.1, 0.15) is 18.9 Å². The van der Waals surface area contributed by atoms with Gasteiger partial charge >= 0.3 is 0 Å². The van der Waals surface area contributed by atoms with Gasteiger partial charge in [-0.15, -0.1) is 0 Å². The molecule has 1 heterocycles. The van der Waals surface area contributed by atoms with Gasteiger partial charge in [0.25, 0.3) is 0 Å². The molecule has 0 amide bonds. The molecular weight excluding hydrogens is 224 g/mol. The second kappa shape index (κ2) is 6.21. The van der Waals surface area contributed by atoms with Crippen LogP contribution in [0.15, 0.2) is 24.3 Å². The largest absolute Gasteiger partial charge is 0.497 e. The molecule has 0 bridgehead atoms. The molecule has 1 N–H and O–H groups in total. The van der Waals surface area contributed by atoms with E-state index in [1.54, 1.807) is 7.11 Å². The summed E-state index contributed by atoms with van der Waals surface area (Å²) in [5.74, 6) is 1.66. The van der Waals surface area contributed by atoms with Gasteiger partial charge in [-0.05, 0) is 43.6 Å². The Balaban J connectivity index is 1.89. The van der Waals surface area contributed by atoms with E-state index < -0.39 is 0 Å². The van der Waals surface area contributed by atoms with Crippen molar-refractivity contribution in [3.63, 3.8) is 0 Å². The zero-order valence-electron chi connectivity index (χ0n) is 11.6. The number of rotatable bonds is 4. The summed E-state index contributed by atoms with van der Waals surface area (Å²) in [6, 6.07) is 9.08. The Morgan fingerprint density at radius 1 is 1.33 bits per heavy atom. The van der Waals surface area contributed by atoms with Crippen molar-refractivity contribution in [2.75, 3.05) is 27.2 Å². The van der Waals surface area contributed by atoms with E-state index in [9.17, 15) is 0 Å². The Kier molecular flexibility index (Phi) is 4.61. The molecule has 1 aliphatic rings. The van der Waals surface area contributed by atoms with E-state index >= 15 is 0 Å². The van der Waals surface area contributed by atoms with Crippen LogP contribution in [0, 0.1) is 5.92 Å². The number of piperidine rings is 1. The lowest BCUT2D eigenvalue weighted by atomic mass is 9.94. The van der Waals surface area contributed by atoms with E-state index in [-0.39, 0.29) is 0 Å². The molecule has 2 atom stereocenters. The predicted molar refractivity (Wildman–Crippen MR) is 74.9 cm³/mol. The molecule has 0 spiro atoms. The zero-order valence-corrected chi connectivity index (χ0v) is 11.6. The second-order valence-corrected chi connectivity index (χ2v) is 5.24. The minimum atomic E-state index is 0.678. The highest BCUT2D eigenvalue weighted by Gasteiger charge is 2.24. The third-order valence-electron chi connectivity index (χ3n) is 3.93. The van der Waals surface area contributed by atoms with E-state index in [1.807, 2.05) is 12.1 Å². The fourth-order valence-corrected chi connectivity index (χ4v) is 2.79. The van der Waals surface area contributed by atoms with Crippen LogP contribution in [0.5, 0.6) is 5.75 Å². The average Bonchev–Trinajstić information content (AvgIpc) is 2.40. The summed E-state index contributed by atoms with van der Waals surface area (Å²) in [5.41, 5.74) is 1.37. The van der Waals surface area contributed by atoms with E-state index in [2.05, 4.69) is 36.3 Å². The molecule has 1 aromatic rings. The molecule has 2 rings (SSSR count). The molecule has 0 radical (unpaired) electrons. The number of ether oxygens (including phenoxy) is 1. The quantitative estimate of drug-likeness (QED) is 0.883. The summed E-state index contributed by atoms with van der Waals surface area (Å²) in [4.78, 5) is 2.54. The first-order valence-corrected chi connectivity index (χ1v) is 6.75. The Morgan fingerprint density at radius 2 is 2.06 bits per heavy atom. The zero-order chi connectivity index (χ0) is 13.0. The first kappa shape index (κ1) is 13.4. The smallest absolute Gasteiger partial charge is 0.118 e. The summed E-state index contributed by atoms with van der Waals surface area (Å²) in [6.45, 7) is 5.74. The van der Waals surface area contributed by atoms with E-state index in [0.717, 1.165) is 18.2 Å². The molecule has 0 aliphatic carbocycles. The highest BCUT2D eigenvalue weighted by Crippen LogP contribution is 2.19. The first-order valence-electron chi connectivity index (χ1n) is 6.75. The molecule has 18 heavy (non-hydrogen) atoms. The highest BCUT2D eigenvalue weighted by molar-refractivity contribution is 5.27. The second-order valence-electron chi connectivity index (χ2n) is 5.24. The molecule has 1 aromatic carbocycles. The molecule has 0 aromatic heterocycles. The lowest BCUT2D eigenvalue weighted by Crippen LogP contribution is -2.46. The van der Waals surface area contributed by atoms with Crippen molar-refractivity contribution in [3.8, 4) is 5.75 Å². The van der Waals surface area contributed by atoms with Crippen LogP contribution in [0.2, 0.25) is 0 Å². The average molecular weight is 248 g/mol. The fourth-order valence-electron chi connectivity index (χ4n) is 2.79. The highest BCUT2D eigenvalue weighted by atomic mass is 16.5. The van der Waals surface area contributed by atoms with Gasteiger partial charge in [0, 0.05) is 19.1 Å². The van der Waals surface area contributed by atoms with Crippen LogP contribution >= 0.6 is 0 Å². The van der Waals surface area contributed by atoms with E-state index in [1.165, 1.54) is 25.1 Å². The molecule has 3 heteroatoms. The maximum atomic E-state index is 5.18. The van der Waals surface area contributed by atoms with Crippen molar-refractivity contribution in [2.24, 2.45) is 5.92 Å². The Labute approximate surface area is 110 Å². The van der Waals surface area contributed by atoms with Gasteiger partial charge in [0.2, 0.25) is 0 Å². The molecule has 1 saturated heterocycles. The monoisotopic (exact) mass is 248 g/mol. The SMILES string of the molecule is CNC1CCN(Cc2ccc(OC)cc2)CC1C. The topological polar surface area (TPSA) is 24.5 Å². The summed E-state index contributed by atoms with van der Waals surface area (Å²) in [7, 11) is 3.78. The van der Waals surface area contributed by atoms with Crippen molar-refractivity contribution < 1.29 is 4.74 Å². The minimum absolute atomic E-state index is 0.678. The van der Waals surface area contributed by atoms with Crippen molar-refractivity contribution in [1.29, 1.82) is 0 Å². The molecule has 0 saturated carbocycles. The summed E-state index contributed by atoms with van der Waals surface area (Å²) in [5, 5.41) is 3.41. The molecular formula is C15H24N2O. The Morgan fingerprint density at radius 3 is 2.61 bits per heavy atom. The third kappa shape index (κ3) is 3.24. The standard InChI is InChI=1S/C15H24N2O/c1-12-10-17(9-8-15(12)16-2)11-13-4-6-14(18-3)7-5-13/h4-7,12,15-16H,8-11H2,1-3H3. The van der Waals surface area contributed by atoms with Crippen molar-refractivity contribution in [1.82, 2.24) is 10.2 Å². The summed E-state index contributed by atoms with van der Waals surface area (Å²) in [6.07, 6.45) is 1.24. The molecule has 3 nitrogen and oxygen atoms in total. The molecule has 1 fully saturated rings. The molecule has 2 unspecified atom stereocenters. The first-order chi connectivity index (χ1) is 8.72. The van der Waals surface area contributed by atoms with Crippen LogP contribution in [-0.4, -0.2) is 38.2 Å². The number of likely N-dealkylation sites (tertiary alicyclic amines) is 1. The fraction of sp³-hybridized carbons (Fsp3) is 0.600. The van der Waals surface area contributed by atoms with Gasteiger partial charge in [-0.3, -0.25) is 4.90 Å². The van der Waals surface area contributed by atoms with Gasteiger partial charge in [0.05, 0.1) is 7.11 Å².